The Kier molecular flexibility index (Phi) is 5.04. The van der Waals surface area contributed by atoms with Gasteiger partial charge >= 0.3 is 5.97 Å². The zero-order chi connectivity index (χ0) is 9.56. The molecule has 0 amide bonds. The number of carboxylic acids is 1. The minimum atomic E-state index is -0.946. The first-order valence-electron chi connectivity index (χ1n) is 3.89. The predicted octanol–water partition coefficient (Wildman–Crippen LogP) is 1.18. The Labute approximate surface area is 72.8 Å². The predicted molar refractivity (Wildman–Crippen MR) is 49.1 cm³/mol. The highest BCUT2D eigenvalue weighted by Gasteiger charge is 2.14. The fourth-order valence-electron chi connectivity index (χ4n) is 0.889. The van der Waals surface area contributed by atoms with Crippen LogP contribution in [-0.2, 0) is 4.79 Å². The molecule has 0 aliphatic rings. The van der Waals surface area contributed by atoms with Crippen molar-refractivity contribution in [3.8, 4) is 0 Å². The Bertz CT molecular complexity index is 187. The van der Waals surface area contributed by atoms with Crippen LogP contribution in [0, 0.1) is 0 Å². The molecule has 1 unspecified atom stereocenters. The van der Waals surface area contributed by atoms with E-state index in [0.29, 0.717) is 6.54 Å². The number of carbonyl (C=O) groups is 1. The van der Waals surface area contributed by atoms with Crippen LogP contribution in [0.15, 0.2) is 24.8 Å². The second-order valence-corrected chi connectivity index (χ2v) is 2.49. The third kappa shape index (κ3) is 3.34. The minimum Gasteiger partial charge on any atom is -0.478 e. The van der Waals surface area contributed by atoms with Gasteiger partial charge in [0, 0.05) is 18.2 Å². The lowest BCUT2D eigenvalue weighted by Crippen LogP contribution is -2.32. The van der Waals surface area contributed by atoms with E-state index in [-0.39, 0.29) is 11.6 Å². The van der Waals surface area contributed by atoms with E-state index in [4.69, 9.17) is 5.11 Å². The van der Waals surface area contributed by atoms with Gasteiger partial charge in [-0.1, -0.05) is 19.6 Å². The van der Waals surface area contributed by atoms with Gasteiger partial charge in [0.25, 0.3) is 0 Å². The van der Waals surface area contributed by atoms with Crippen LogP contribution in [-0.4, -0.2) is 23.7 Å². The van der Waals surface area contributed by atoms with Crippen molar-refractivity contribution < 1.29 is 9.90 Å². The molecule has 0 radical (unpaired) electrons. The maximum atomic E-state index is 10.5. The number of nitrogens with one attached hydrogen (secondary N) is 1. The molecule has 0 aromatic heterocycles. The van der Waals surface area contributed by atoms with Crippen LogP contribution >= 0.6 is 0 Å². The molecule has 0 saturated heterocycles. The molecule has 0 bridgehead atoms. The van der Waals surface area contributed by atoms with Gasteiger partial charge in [0.1, 0.15) is 0 Å². The molecule has 0 aromatic rings. The average molecular weight is 169 g/mol. The summed E-state index contributed by atoms with van der Waals surface area (Å²) < 4.78 is 0. The van der Waals surface area contributed by atoms with Gasteiger partial charge in [0.2, 0.25) is 0 Å². The largest absolute Gasteiger partial charge is 0.478 e. The van der Waals surface area contributed by atoms with Gasteiger partial charge in [-0.3, -0.25) is 0 Å². The zero-order valence-electron chi connectivity index (χ0n) is 7.34. The van der Waals surface area contributed by atoms with Crippen molar-refractivity contribution in [1.29, 1.82) is 0 Å². The summed E-state index contributed by atoms with van der Waals surface area (Å²) in [6, 6.07) is -0.152. The Hall–Kier alpha value is -1.09. The van der Waals surface area contributed by atoms with E-state index in [1.165, 1.54) is 0 Å². The van der Waals surface area contributed by atoms with Crippen LogP contribution in [0.4, 0.5) is 0 Å². The Balaban J connectivity index is 4.04. The zero-order valence-corrected chi connectivity index (χ0v) is 7.34. The van der Waals surface area contributed by atoms with E-state index in [1.807, 2.05) is 6.92 Å². The molecule has 12 heavy (non-hydrogen) atoms. The summed E-state index contributed by atoms with van der Waals surface area (Å²) in [6.07, 6.45) is 2.41. The fraction of sp³-hybridized carbons (Fsp3) is 0.444. The number of rotatable bonds is 6. The lowest BCUT2D eigenvalue weighted by molar-refractivity contribution is -0.133. The number of aliphatic carboxylic acids is 1. The molecule has 0 saturated carbocycles. The van der Waals surface area contributed by atoms with Crippen molar-refractivity contribution in [1.82, 2.24) is 5.32 Å². The van der Waals surface area contributed by atoms with Gasteiger partial charge in [-0.2, -0.15) is 0 Å². The maximum Gasteiger partial charge on any atom is 0.332 e. The first-order valence-corrected chi connectivity index (χ1v) is 3.89. The molecule has 0 aliphatic carbocycles. The monoisotopic (exact) mass is 169 g/mol. The van der Waals surface area contributed by atoms with Gasteiger partial charge in [-0.05, 0) is 6.42 Å². The van der Waals surface area contributed by atoms with Crippen LogP contribution in [0.1, 0.15) is 13.3 Å². The average Bonchev–Trinajstić information content (AvgIpc) is 2.05. The summed E-state index contributed by atoms with van der Waals surface area (Å²) in [6.45, 7) is 9.53. The fourth-order valence-corrected chi connectivity index (χ4v) is 0.889. The van der Waals surface area contributed by atoms with Crippen molar-refractivity contribution in [3.63, 3.8) is 0 Å². The van der Waals surface area contributed by atoms with Gasteiger partial charge in [0.05, 0.1) is 0 Å². The summed E-state index contributed by atoms with van der Waals surface area (Å²) in [4.78, 5) is 10.5. The third-order valence-corrected chi connectivity index (χ3v) is 1.61. The Morgan fingerprint density at radius 2 is 2.33 bits per heavy atom. The van der Waals surface area contributed by atoms with Gasteiger partial charge < -0.3 is 10.4 Å². The summed E-state index contributed by atoms with van der Waals surface area (Å²) in [7, 11) is 0. The van der Waals surface area contributed by atoms with Crippen molar-refractivity contribution >= 4 is 5.97 Å². The molecule has 0 rings (SSSR count). The quantitative estimate of drug-likeness (QED) is 0.463. The first kappa shape index (κ1) is 10.9. The van der Waals surface area contributed by atoms with Crippen molar-refractivity contribution in [2.45, 2.75) is 19.4 Å². The smallest absolute Gasteiger partial charge is 0.332 e. The molecule has 0 aromatic carbocycles. The number of hydrogen-bond donors (Lipinski definition) is 2. The van der Waals surface area contributed by atoms with E-state index in [2.05, 4.69) is 18.5 Å². The van der Waals surface area contributed by atoms with E-state index in [1.54, 1.807) is 6.08 Å². The molecule has 3 nitrogen and oxygen atoms in total. The highest BCUT2D eigenvalue weighted by molar-refractivity contribution is 5.87. The number of carboxylic acid groups (broad SMARTS) is 1. The molecule has 3 heteroatoms. The third-order valence-electron chi connectivity index (χ3n) is 1.61. The topological polar surface area (TPSA) is 49.3 Å². The summed E-state index contributed by atoms with van der Waals surface area (Å²) in [5.74, 6) is -0.946. The standard InChI is InChI=1S/C9H15NO2/c1-4-6-10-8(5-2)7(3)9(11)12/h4,8,10H,1,3,5-6H2,2H3,(H,11,12). The Morgan fingerprint density at radius 1 is 1.75 bits per heavy atom. The van der Waals surface area contributed by atoms with Crippen LogP contribution < -0.4 is 5.32 Å². The van der Waals surface area contributed by atoms with Crippen LogP contribution in [0.3, 0.4) is 0 Å². The lowest BCUT2D eigenvalue weighted by atomic mass is 10.1. The SMILES string of the molecule is C=CCNC(CC)C(=C)C(=O)O. The van der Waals surface area contributed by atoms with E-state index >= 15 is 0 Å². The molecule has 0 spiro atoms. The van der Waals surface area contributed by atoms with Crippen molar-refractivity contribution in [2.75, 3.05) is 6.54 Å². The molecule has 0 fully saturated rings. The molecule has 0 heterocycles. The molecule has 1 atom stereocenters. The van der Waals surface area contributed by atoms with Crippen molar-refractivity contribution in [3.05, 3.63) is 24.8 Å². The second-order valence-electron chi connectivity index (χ2n) is 2.49. The van der Waals surface area contributed by atoms with Gasteiger partial charge in [-0.15, -0.1) is 6.58 Å². The van der Waals surface area contributed by atoms with Crippen molar-refractivity contribution in [2.24, 2.45) is 0 Å². The molecular formula is C9H15NO2. The Morgan fingerprint density at radius 3 is 2.67 bits per heavy atom. The highest BCUT2D eigenvalue weighted by atomic mass is 16.4. The van der Waals surface area contributed by atoms with Crippen LogP contribution in [0.25, 0.3) is 0 Å². The van der Waals surface area contributed by atoms with Crippen LogP contribution in [0.2, 0.25) is 0 Å². The van der Waals surface area contributed by atoms with Gasteiger partial charge in [0.15, 0.2) is 0 Å². The lowest BCUT2D eigenvalue weighted by Gasteiger charge is -2.15. The van der Waals surface area contributed by atoms with Gasteiger partial charge in [-0.25, -0.2) is 4.79 Å². The summed E-state index contributed by atoms with van der Waals surface area (Å²) in [5.41, 5.74) is 0.208. The summed E-state index contributed by atoms with van der Waals surface area (Å²) in [5, 5.41) is 11.6. The molecule has 0 aliphatic heterocycles. The maximum absolute atomic E-state index is 10.5. The normalized spacial score (nSPS) is 12.1. The van der Waals surface area contributed by atoms with Crippen LogP contribution in [0.5, 0.6) is 0 Å². The second kappa shape index (κ2) is 5.55. The first-order chi connectivity index (χ1) is 5.63. The number of hydrogen-bond acceptors (Lipinski definition) is 2. The van der Waals surface area contributed by atoms with E-state index in [0.717, 1.165) is 6.42 Å². The molecular weight excluding hydrogens is 154 g/mol. The van der Waals surface area contributed by atoms with E-state index < -0.39 is 5.97 Å². The highest BCUT2D eigenvalue weighted by Crippen LogP contribution is 2.03. The molecule has 68 valence electrons. The summed E-state index contributed by atoms with van der Waals surface area (Å²) >= 11 is 0. The minimum absolute atomic E-state index is 0.152. The van der Waals surface area contributed by atoms with E-state index in [9.17, 15) is 4.79 Å². The molecule has 2 N–H and O–H groups in total.